The average Bonchev–Trinajstić information content (AvgIpc) is 2.58. The van der Waals surface area contributed by atoms with E-state index in [0.29, 0.717) is 25.9 Å². The van der Waals surface area contributed by atoms with Gasteiger partial charge in [0.25, 0.3) is 0 Å². The first kappa shape index (κ1) is 11.9. The van der Waals surface area contributed by atoms with Gasteiger partial charge in [0.2, 0.25) is 5.91 Å². The molecule has 0 spiro atoms. The summed E-state index contributed by atoms with van der Waals surface area (Å²) in [5.74, 6) is 0.677. The van der Waals surface area contributed by atoms with Crippen LogP contribution in [-0.2, 0) is 14.6 Å². The van der Waals surface area contributed by atoms with Crippen molar-refractivity contribution in [1.29, 1.82) is 0 Å². The van der Waals surface area contributed by atoms with Crippen LogP contribution < -0.4 is 5.73 Å². The average molecular weight is 246 g/mol. The van der Waals surface area contributed by atoms with Crippen molar-refractivity contribution in [2.75, 3.05) is 24.6 Å². The Labute approximate surface area is 95.9 Å². The number of hydrogen-bond acceptors (Lipinski definition) is 4. The van der Waals surface area contributed by atoms with Gasteiger partial charge in [-0.2, -0.15) is 0 Å². The van der Waals surface area contributed by atoms with Gasteiger partial charge in [0.15, 0.2) is 9.84 Å². The number of carbonyl (C=O) groups is 1. The van der Waals surface area contributed by atoms with E-state index in [1.807, 2.05) is 0 Å². The summed E-state index contributed by atoms with van der Waals surface area (Å²) < 4.78 is 23.0. The third-order valence-electron chi connectivity index (χ3n) is 3.45. The highest BCUT2D eigenvalue weighted by molar-refractivity contribution is 7.91. The molecular weight excluding hydrogens is 228 g/mol. The molecule has 0 aliphatic carbocycles. The van der Waals surface area contributed by atoms with Gasteiger partial charge in [-0.15, -0.1) is 0 Å². The molecule has 2 atom stereocenters. The molecule has 0 aromatic heterocycles. The first-order chi connectivity index (χ1) is 7.52. The van der Waals surface area contributed by atoms with Gasteiger partial charge in [0, 0.05) is 19.0 Å². The van der Waals surface area contributed by atoms with E-state index in [2.05, 4.69) is 0 Å². The minimum absolute atomic E-state index is 0.0672. The van der Waals surface area contributed by atoms with E-state index in [9.17, 15) is 13.2 Å². The van der Waals surface area contributed by atoms with Crippen molar-refractivity contribution in [3.05, 3.63) is 0 Å². The second kappa shape index (κ2) is 4.33. The molecule has 16 heavy (non-hydrogen) atoms. The Bertz CT molecular complexity index is 380. The molecular formula is C10H18N2O3S. The molecule has 0 radical (unpaired) electrons. The summed E-state index contributed by atoms with van der Waals surface area (Å²) in [5.41, 5.74) is 5.54. The number of amides is 1. The normalized spacial score (nSPS) is 34.3. The van der Waals surface area contributed by atoms with Crippen LogP contribution in [0.15, 0.2) is 0 Å². The third kappa shape index (κ3) is 2.38. The lowest BCUT2D eigenvalue weighted by molar-refractivity contribution is -0.129. The van der Waals surface area contributed by atoms with Crippen molar-refractivity contribution in [1.82, 2.24) is 4.90 Å². The van der Waals surface area contributed by atoms with Crippen molar-refractivity contribution < 1.29 is 13.2 Å². The van der Waals surface area contributed by atoms with Gasteiger partial charge in [-0.25, -0.2) is 8.42 Å². The molecule has 2 aliphatic heterocycles. The molecule has 2 rings (SSSR count). The van der Waals surface area contributed by atoms with Gasteiger partial charge in [-0.05, 0) is 25.3 Å². The molecule has 2 aliphatic rings. The van der Waals surface area contributed by atoms with Crippen molar-refractivity contribution >= 4 is 15.7 Å². The number of rotatable bonds is 2. The molecule has 5 nitrogen and oxygen atoms in total. The highest BCUT2D eigenvalue weighted by atomic mass is 32.2. The largest absolute Gasteiger partial charge is 0.338 e. The summed E-state index contributed by atoms with van der Waals surface area (Å²) in [6.07, 6.45) is 1.96. The third-order valence-corrected chi connectivity index (χ3v) is 5.25. The Balaban J connectivity index is 2.05. The number of nitrogens with two attached hydrogens (primary N) is 1. The lowest BCUT2D eigenvalue weighted by atomic mass is 10.1. The molecule has 0 aromatic carbocycles. The summed E-state index contributed by atoms with van der Waals surface area (Å²) >= 11 is 0. The van der Waals surface area contributed by atoms with Gasteiger partial charge in [-0.3, -0.25) is 4.79 Å². The quantitative estimate of drug-likeness (QED) is 0.703. The topological polar surface area (TPSA) is 80.5 Å². The minimum atomic E-state index is -2.94. The van der Waals surface area contributed by atoms with E-state index in [1.54, 1.807) is 4.90 Å². The Morgan fingerprint density at radius 2 is 2.19 bits per heavy atom. The molecule has 2 fully saturated rings. The van der Waals surface area contributed by atoms with Gasteiger partial charge in [-0.1, -0.05) is 0 Å². The zero-order valence-electron chi connectivity index (χ0n) is 9.26. The van der Waals surface area contributed by atoms with Crippen molar-refractivity contribution in [2.24, 2.45) is 11.7 Å². The van der Waals surface area contributed by atoms with Gasteiger partial charge in [0.1, 0.15) is 0 Å². The molecule has 0 aromatic rings. The highest BCUT2D eigenvalue weighted by Gasteiger charge is 2.37. The Morgan fingerprint density at radius 1 is 1.44 bits per heavy atom. The van der Waals surface area contributed by atoms with E-state index in [4.69, 9.17) is 5.73 Å². The molecule has 92 valence electrons. The Hall–Kier alpha value is -0.620. The summed E-state index contributed by atoms with van der Waals surface area (Å²) in [4.78, 5) is 13.5. The van der Waals surface area contributed by atoms with E-state index < -0.39 is 9.84 Å². The predicted octanol–water partition coefficient (Wildman–Crippen LogP) is -0.629. The van der Waals surface area contributed by atoms with E-state index >= 15 is 0 Å². The summed E-state index contributed by atoms with van der Waals surface area (Å²) in [7, 11) is -2.94. The van der Waals surface area contributed by atoms with E-state index in [1.165, 1.54) is 0 Å². The van der Waals surface area contributed by atoms with Crippen molar-refractivity contribution in [3.8, 4) is 0 Å². The molecule has 2 N–H and O–H groups in total. The molecule has 2 saturated heterocycles. The zero-order valence-corrected chi connectivity index (χ0v) is 10.1. The van der Waals surface area contributed by atoms with Crippen LogP contribution in [-0.4, -0.2) is 49.9 Å². The van der Waals surface area contributed by atoms with Crippen LogP contribution in [0.5, 0.6) is 0 Å². The SMILES string of the molecule is NCC1CC(=O)N(C2CCCS(=O)(=O)C2)C1. The van der Waals surface area contributed by atoms with Crippen LogP contribution in [0.25, 0.3) is 0 Å². The predicted molar refractivity (Wildman–Crippen MR) is 60.6 cm³/mol. The van der Waals surface area contributed by atoms with E-state index in [0.717, 1.165) is 6.42 Å². The van der Waals surface area contributed by atoms with Crippen LogP contribution in [0.3, 0.4) is 0 Å². The molecule has 0 bridgehead atoms. The van der Waals surface area contributed by atoms with Gasteiger partial charge in [0.05, 0.1) is 11.5 Å². The second-order valence-corrected chi connectivity index (χ2v) is 6.99. The van der Waals surface area contributed by atoms with Crippen LogP contribution in [0.4, 0.5) is 0 Å². The fraction of sp³-hybridized carbons (Fsp3) is 0.900. The standard InChI is InChI=1S/C10H18N2O3S/c11-5-8-4-10(13)12(6-8)9-2-1-3-16(14,15)7-9/h8-9H,1-7,11H2. The summed E-state index contributed by atoms with van der Waals surface area (Å²) in [6, 6.07) is -0.109. The molecule has 6 heteroatoms. The number of sulfone groups is 1. The van der Waals surface area contributed by atoms with Gasteiger partial charge < -0.3 is 10.6 Å². The highest BCUT2D eigenvalue weighted by Crippen LogP contribution is 2.25. The number of likely N-dealkylation sites (tertiary alicyclic amines) is 1. The van der Waals surface area contributed by atoms with E-state index in [-0.39, 0.29) is 29.4 Å². The monoisotopic (exact) mass is 246 g/mol. The van der Waals surface area contributed by atoms with Crippen molar-refractivity contribution in [3.63, 3.8) is 0 Å². The first-order valence-corrected chi connectivity index (χ1v) is 7.54. The van der Waals surface area contributed by atoms with Crippen LogP contribution >= 0.6 is 0 Å². The fourth-order valence-corrected chi connectivity index (χ4v) is 4.27. The maximum Gasteiger partial charge on any atom is 0.223 e. The van der Waals surface area contributed by atoms with Crippen LogP contribution in [0.2, 0.25) is 0 Å². The lowest BCUT2D eigenvalue weighted by Crippen LogP contribution is -2.44. The Morgan fingerprint density at radius 3 is 2.75 bits per heavy atom. The summed E-state index contributed by atoms with van der Waals surface area (Å²) in [6.45, 7) is 1.14. The molecule has 2 unspecified atom stereocenters. The lowest BCUT2D eigenvalue weighted by Gasteiger charge is -2.31. The first-order valence-electron chi connectivity index (χ1n) is 5.72. The molecule has 1 amide bonds. The number of carbonyl (C=O) groups excluding carboxylic acids is 1. The number of hydrogen-bond donors (Lipinski definition) is 1. The Kier molecular flexibility index (Phi) is 3.21. The maximum atomic E-state index is 11.7. The maximum absolute atomic E-state index is 11.7. The fourth-order valence-electron chi connectivity index (χ4n) is 2.56. The number of nitrogens with zero attached hydrogens (tertiary/aromatic N) is 1. The summed E-state index contributed by atoms with van der Waals surface area (Å²) in [5, 5.41) is 0. The molecule has 0 saturated carbocycles. The minimum Gasteiger partial charge on any atom is -0.338 e. The molecule has 2 heterocycles. The zero-order chi connectivity index (χ0) is 11.8. The van der Waals surface area contributed by atoms with Crippen LogP contribution in [0.1, 0.15) is 19.3 Å². The van der Waals surface area contributed by atoms with Crippen molar-refractivity contribution in [2.45, 2.75) is 25.3 Å². The van der Waals surface area contributed by atoms with Crippen LogP contribution in [0, 0.1) is 5.92 Å². The smallest absolute Gasteiger partial charge is 0.223 e. The second-order valence-electron chi connectivity index (χ2n) is 4.76. The van der Waals surface area contributed by atoms with Gasteiger partial charge >= 0.3 is 0 Å².